The van der Waals surface area contributed by atoms with Crippen molar-refractivity contribution >= 4 is 23.3 Å². The number of hydrogen-bond donors (Lipinski definition) is 0. The highest BCUT2D eigenvalue weighted by atomic mass is 16.2. The first-order valence-electron chi connectivity index (χ1n) is 11.0. The molecule has 4 heteroatoms. The van der Waals surface area contributed by atoms with Crippen LogP contribution in [-0.2, 0) is 12.8 Å². The van der Waals surface area contributed by atoms with Crippen molar-refractivity contribution in [3.8, 4) is 0 Å². The maximum atomic E-state index is 12.2. The standard InChI is InChI=1S/C28H28N2O2/c1-19(31)23-7-4-6-20(14-23)15-27-17-25-9-5-8-24(16-26(25)18-29-27)21-10-12-22(13-11-21)28(32)30(2)3/h4,6-7,10-14,16-18H,5,8-9,15H2,1-3H3. The third-order valence-electron chi connectivity index (χ3n) is 5.93. The Bertz CT molecular complexity index is 1190. The average Bonchev–Trinajstić information content (AvgIpc) is 3.01. The zero-order valence-corrected chi connectivity index (χ0v) is 18.9. The lowest BCUT2D eigenvalue weighted by atomic mass is 9.99. The van der Waals surface area contributed by atoms with Crippen molar-refractivity contribution in [2.24, 2.45) is 0 Å². The molecule has 4 rings (SSSR count). The van der Waals surface area contributed by atoms with Crippen LogP contribution in [0.25, 0.3) is 11.6 Å². The van der Waals surface area contributed by atoms with E-state index in [4.69, 9.17) is 4.98 Å². The van der Waals surface area contributed by atoms with Crippen LogP contribution in [-0.4, -0.2) is 35.7 Å². The minimum absolute atomic E-state index is 0.0160. The number of allylic oxidation sites excluding steroid dienone is 1. The van der Waals surface area contributed by atoms with Crippen LogP contribution >= 0.6 is 0 Å². The number of benzene rings is 2. The lowest BCUT2D eigenvalue weighted by Crippen LogP contribution is -2.21. The van der Waals surface area contributed by atoms with Gasteiger partial charge in [-0.3, -0.25) is 14.6 Å². The van der Waals surface area contributed by atoms with Gasteiger partial charge in [-0.2, -0.15) is 0 Å². The average molecular weight is 425 g/mol. The number of nitrogens with zero attached hydrogens (tertiary/aromatic N) is 2. The Morgan fingerprint density at radius 1 is 0.969 bits per heavy atom. The van der Waals surface area contributed by atoms with Crippen molar-refractivity contribution in [2.75, 3.05) is 14.1 Å². The molecule has 2 aromatic carbocycles. The van der Waals surface area contributed by atoms with Crippen LogP contribution in [0.3, 0.4) is 0 Å². The zero-order chi connectivity index (χ0) is 22.7. The summed E-state index contributed by atoms with van der Waals surface area (Å²) in [5, 5.41) is 0. The zero-order valence-electron chi connectivity index (χ0n) is 18.9. The molecule has 0 bridgehead atoms. The van der Waals surface area contributed by atoms with Gasteiger partial charge in [0.15, 0.2) is 5.78 Å². The number of pyridine rings is 1. The fourth-order valence-electron chi connectivity index (χ4n) is 4.15. The predicted molar refractivity (Wildman–Crippen MR) is 129 cm³/mol. The summed E-state index contributed by atoms with van der Waals surface area (Å²) in [7, 11) is 3.53. The molecule has 3 aromatic rings. The van der Waals surface area contributed by atoms with E-state index in [1.165, 1.54) is 11.1 Å². The topological polar surface area (TPSA) is 50.3 Å². The first kappa shape index (κ1) is 21.7. The third kappa shape index (κ3) is 4.86. The molecule has 162 valence electrons. The van der Waals surface area contributed by atoms with E-state index in [0.717, 1.165) is 47.2 Å². The van der Waals surface area contributed by atoms with Gasteiger partial charge in [0.05, 0.1) is 0 Å². The van der Waals surface area contributed by atoms with E-state index in [-0.39, 0.29) is 11.7 Å². The first-order valence-corrected chi connectivity index (χ1v) is 11.0. The number of rotatable bonds is 5. The van der Waals surface area contributed by atoms with Gasteiger partial charge < -0.3 is 4.90 Å². The maximum Gasteiger partial charge on any atom is 0.253 e. The summed E-state index contributed by atoms with van der Waals surface area (Å²) in [6, 6.07) is 17.9. The maximum absolute atomic E-state index is 12.2. The molecule has 0 atom stereocenters. The molecule has 0 saturated heterocycles. The highest BCUT2D eigenvalue weighted by molar-refractivity contribution is 5.95. The fraction of sp³-hybridized carbons (Fsp3) is 0.250. The monoisotopic (exact) mass is 424 g/mol. The minimum atomic E-state index is 0.0160. The van der Waals surface area contributed by atoms with Gasteiger partial charge in [0, 0.05) is 43.5 Å². The molecule has 1 amide bonds. The van der Waals surface area contributed by atoms with Gasteiger partial charge in [0.2, 0.25) is 0 Å². The summed E-state index contributed by atoms with van der Waals surface area (Å²) in [6.07, 6.45) is 7.99. The predicted octanol–water partition coefficient (Wildman–Crippen LogP) is 5.45. The van der Waals surface area contributed by atoms with E-state index in [0.29, 0.717) is 12.0 Å². The second kappa shape index (κ2) is 9.31. The van der Waals surface area contributed by atoms with E-state index in [1.807, 2.05) is 54.7 Å². The molecular weight excluding hydrogens is 396 g/mol. The highest BCUT2D eigenvalue weighted by Gasteiger charge is 2.14. The highest BCUT2D eigenvalue weighted by Crippen LogP contribution is 2.30. The number of fused-ring (bicyclic) bond motifs is 1. The SMILES string of the molecule is CC(=O)c1cccc(Cc2cc3c(cn2)C=C(c2ccc(C(=O)N(C)C)cc2)CCC3)c1. The molecule has 0 radical (unpaired) electrons. The van der Waals surface area contributed by atoms with E-state index in [2.05, 4.69) is 12.1 Å². The Morgan fingerprint density at radius 2 is 1.75 bits per heavy atom. The summed E-state index contributed by atoms with van der Waals surface area (Å²) in [5.41, 5.74) is 8.46. The van der Waals surface area contributed by atoms with E-state index < -0.39 is 0 Å². The quantitative estimate of drug-likeness (QED) is 0.512. The number of aryl methyl sites for hydroxylation is 1. The summed E-state index contributed by atoms with van der Waals surface area (Å²) < 4.78 is 0. The third-order valence-corrected chi connectivity index (χ3v) is 5.93. The summed E-state index contributed by atoms with van der Waals surface area (Å²) in [6.45, 7) is 1.59. The Morgan fingerprint density at radius 3 is 2.47 bits per heavy atom. The van der Waals surface area contributed by atoms with Crippen molar-refractivity contribution in [3.05, 3.63) is 99.9 Å². The summed E-state index contributed by atoms with van der Waals surface area (Å²) in [4.78, 5) is 30.1. The molecule has 4 nitrogen and oxygen atoms in total. The van der Waals surface area contributed by atoms with Crippen molar-refractivity contribution in [1.82, 2.24) is 9.88 Å². The van der Waals surface area contributed by atoms with Crippen LogP contribution < -0.4 is 0 Å². The van der Waals surface area contributed by atoms with Crippen molar-refractivity contribution in [3.63, 3.8) is 0 Å². The number of carbonyl (C=O) groups is 2. The molecular formula is C28H28N2O2. The Hall–Kier alpha value is -3.53. The number of hydrogen-bond acceptors (Lipinski definition) is 3. The second-order valence-corrected chi connectivity index (χ2v) is 8.61. The van der Waals surface area contributed by atoms with Crippen LogP contribution in [0.4, 0.5) is 0 Å². The smallest absolute Gasteiger partial charge is 0.253 e. The van der Waals surface area contributed by atoms with Crippen LogP contribution in [0.1, 0.15) is 68.4 Å². The lowest BCUT2D eigenvalue weighted by molar-refractivity contribution is 0.0827. The minimum Gasteiger partial charge on any atom is -0.345 e. The van der Waals surface area contributed by atoms with Crippen LogP contribution in [0, 0.1) is 0 Å². The van der Waals surface area contributed by atoms with Crippen LogP contribution in [0.5, 0.6) is 0 Å². The summed E-state index contributed by atoms with van der Waals surface area (Å²) >= 11 is 0. The van der Waals surface area contributed by atoms with Gasteiger partial charge in [-0.15, -0.1) is 0 Å². The number of carbonyl (C=O) groups excluding carboxylic acids is 2. The van der Waals surface area contributed by atoms with Crippen molar-refractivity contribution in [2.45, 2.75) is 32.6 Å². The van der Waals surface area contributed by atoms with Crippen LogP contribution in [0.2, 0.25) is 0 Å². The van der Waals surface area contributed by atoms with Gasteiger partial charge >= 0.3 is 0 Å². The molecule has 0 spiro atoms. The Balaban J connectivity index is 1.56. The van der Waals surface area contributed by atoms with Gasteiger partial charge in [0.1, 0.15) is 0 Å². The molecule has 1 heterocycles. The molecule has 0 unspecified atom stereocenters. The van der Waals surface area contributed by atoms with Crippen LogP contribution in [0.15, 0.2) is 60.8 Å². The molecule has 1 aliphatic carbocycles. The normalized spacial score (nSPS) is 13.0. The number of aromatic nitrogens is 1. The molecule has 32 heavy (non-hydrogen) atoms. The van der Waals surface area contributed by atoms with Crippen molar-refractivity contribution < 1.29 is 9.59 Å². The Kier molecular flexibility index (Phi) is 6.31. The molecule has 1 aliphatic rings. The van der Waals surface area contributed by atoms with Gasteiger partial charge in [0.25, 0.3) is 5.91 Å². The summed E-state index contributed by atoms with van der Waals surface area (Å²) in [5.74, 6) is 0.0980. The van der Waals surface area contributed by atoms with E-state index in [1.54, 1.807) is 25.9 Å². The molecule has 0 fully saturated rings. The largest absolute Gasteiger partial charge is 0.345 e. The van der Waals surface area contributed by atoms with E-state index >= 15 is 0 Å². The number of Topliss-reactive ketones (excluding diaryl/α,β-unsaturated/α-hetero) is 1. The number of amides is 1. The molecule has 0 saturated carbocycles. The van der Waals surface area contributed by atoms with Crippen molar-refractivity contribution in [1.29, 1.82) is 0 Å². The fourth-order valence-corrected chi connectivity index (χ4v) is 4.15. The van der Waals surface area contributed by atoms with Gasteiger partial charge in [-0.25, -0.2) is 0 Å². The van der Waals surface area contributed by atoms with Gasteiger partial charge in [-0.05, 0) is 84.4 Å². The lowest BCUT2D eigenvalue weighted by Gasteiger charge is -2.11. The molecule has 1 aromatic heterocycles. The number of ketones is 1. The first-order chi connectivity index (χ1) is 15.4. The van der Waals surface area contributed by atoms with Gasteiger partial charge in [-0.1, -0.05) is 30.3 Å². The molecule has 0 aliphatic heterocycles. The second-order valence-electron chi connectivity index (χ2n) is 8.61. The Labute approximate surface area is 189 Å². The van der Waals surface area contributed by atoms with E-state index in [9.17, 15) is 9.59 Å². The molecule has 0 N–H and O–H groups in total.